The lowest BCUT2D eigenvalue weighted by Crippen LogP contribution is -2.38. The smallest absolute Gasteiger partial charge is 0.322 e. The van der Waals surface area contributed by atoms with Gasteiger partial charge in [-0.2, -0.15) is 0 Å². The summed E-state index contributed by atoms with van der Waals surface area (Å²) in [6, 6.07) is -0.248. The van der Waals surface area contributed by atoms with Crippen LogP contribution in [0.15, 0.2) is 4.99 Å². The molecule has 0 unspecified atom stereocenters. The highest BCUT2D eigenvalue weighted by atomic mass is 16.5. The molecule has 1 atom stereocenters. The van der Waals surface area contributed by atoms with E-state index in [4.69, 9.17) is 0 Å². The highest BCUT2D eigenvalue weighted by molar-refractivity contribution is 5.79. The van der Waals surface area contributed by atoms with E-state index in [9.17, 15) is 4.79 Å². The molecule has 1 N–H and O–H groups in total. The number of carbonyl (C=O) groups is 1. The number of ether oxygens (including phenoxy) is 1. The van der Waals surface area contributed by atoms with Gasteiger partial charge in [0.1, 0.15) is 6.04 Å². The first-order chi connectivity index (χ1) is 7.06. The molecule has 0 saturated heterocycles. The van der Waals surface area contributed by atoms with Crippen molar-refractivity contribution in [2.45, 2.75) is 19.4 Å². The number of carbonyl (C=O) groups excluding carboxylic acids is 1. The number of esters is 1. The van der Waals surface area contributed by atoms with Crippen LogP contribution in [0, 0.1) is 0 Å². The maximum atomic E-state index is 11.3. The molecule has 5 nitrogen and oxygen atoms in total. The van der Waals surface area contributed by atoms with Crippen LogP contribution >= 0.6 is 0 Å². The van der Waals surface area contributed by atoms with Crippen LogP contribution in [-0.2, 0) is 9.53 Å². The maximum absolute atomic E-state index is 11.3. The Morgan fingerprint density at radius 1 is 1.60 bits per heavy atom. The number of amidine groups is 1. The van der Waals surface area contributed by atoms with Gasteiger partial charge in [-0.1, -0.05) is 0 Å². The van der Waals surface area contributed by atoms with Crippen LogP contribution in [0.2, 0.25) is 0 Å². The molecule has 15 heavy (non-hydrogen) atoms. The van der Waals surface area contributed by atoms with Gasteiger partial charge in [0.2, 0.25) is 0 Å². The molecule has 0 aromatic rings. The van der Waals surface area contributed by atoms with Gasteiger partial charge in [0, 0.05) is 20.6 Å². The Kier molecular flexibility index (Phi) is 6.70. The number of nitrogens with one attached hydrogen (secondary N) is 1. The fourth-order valence-corrected chi connectivity index (χ4v) is 1.18. The van der Waals surface area contributed by atoms with E-state index in [0.717, 1.165) is 12.4 Å². The molecule has 88 valence electrons. The van der Waals surface area contributed by atoms with Crippen molar-refractivity contribution < 1.29 is 9.53 Å². The Bertz CT molecular complexity index is 229. The first-order valence-electron chi connectivity index (χ1n) is 4.96. The van der Waals surface area contributed by atoms with E-state index in [2.05, 4.69) is 15.0 Å². The molecule has 0 aliphatic rings. The third kappa shape index (κ3) is 4.78. The van der Waals surface area contributed by atoms with Gasteiger partial charge in [-0.25, -0.2) is 0 Å². The first-order valence-corrected chi connectivity index (χ1v) is 4.96. The third-order valence-electron chi connectivity index (χ3n) is 2.46. The summed E-state index contributed by atoms with van der Waals surface area (Å²) in [6.45, 7) is 2.70. The Hall–Kier alpha value is -1.10. The molecule has 0 aliphatic carbocycles. The maximum Gasteiger partial charge on any atom is 0.322 e. The summed E-state index contributed by atoms with van der Waals surface area (Å²) in [7, 11) is 6.85. The second kappa shape index (κ2) is 7.23. The highest BCUT2D eigenvalue weighted by Crippen LogP contribution is 1.97. The van der Waals surface area contributed by atoms with Crippen molar-refractivity contribution in [1.82, 2.24) is 10.2 Å². The van der Waals surface area contributed by atoms with E-state index in [1.807, 2.05) is 18.9 Å². The normalized spacial score (nSPS) is 13.5. The minimum absolute atomic E-state index is 0.225. The number of aliphatic imine (C=N–C) groups is 1. The second-order valence-electron chi connectivity index (χ2n) is 3.35. The van der Waals surface area contributed by atoms with Crippen LogP contribution in [0.3, 0.4) is 0 Å². The fourth-order valence-electron chi connectivity index (χ4n) is 1.18. The molecular formula is C10H21N3O2. The van der Waals surface area contributed by atoms with Crippen molar-refractivity contribution in [2.75, 3.05) is 34.8 Å². The zero-order chi connectivity index (χ0) is 11.8. The van der Waals surface area contributed by atoms with Crippen LogP contribution in [0.1, 0.15) is 13.3 Å². The molecule has 0 aromatic heterocycles. The summed E-state index contributed by atoms with van der Waals surface area (Å²) < 4.78 is 4.67. The average molecular weight is 215 g/mol. The van der Waals surface area contributed by atoms with E-state index < -0.39 is 0 Å². The zero-order valence-corrected chi connectivity index (χ0v) is 10.2. The van der Waals surface area contributed by atoms with Crippen molar-refractivity contribution in [2.24, 2.45) is 4.99 Å². The van der Waals surface area contributed by atoms with Gasteiger partial charge in [0.15, 0.2) is 0 Å². The fraction of sp³-hybridized carbons (Fsp3) is 0.800. The zero-order valence-electron chi connectivity index (χ0n) is 10.2. The van der Waals surface area contributed by atoms with E-state index in [-0.39, 0.29) is 12.0 Å². The Balaban J connectivity index is 4.06. The number of hydrogen-bond donors (Lipinski definition) is 1. The van der Waals surface area contributed by atoms with Gasteiger partial charge in [-0.15, -0.1) is 0 Å². The van der Waals surface area contributed by atoms with E-state index in [0.29, 0.717) is 6.42 Å². The second-order valence-corrected chi connectivity index (χ2v) is 3.35. The lowest BCUT2D eigenvalue weighted by molar-refractivity contribution is -0.143. The molecule has 0 radical (unpaired) electrons. The molecule has 0 spiro atoms. The number of likely N-dealkylation sites (N-methyl/N-ethyl adjacent to an activating group) is 1. The Morgan fingerprint density at radius 3 is 2.60 bits per heavy atom. The average Bonchev–Trinajstić information content (AvgIpc) is 2.27. The molecular weight excluding hydrogens is 194 g/mol. The molecule has 0 bridgehead atoms. The topological polar surface area (TPSA) is 53.9 Å². The van der Waals surface area contributed by atoms with Crippen molar-refractivity contribution in [1.29, 1.82) is 0 Å². The summed E-state index contributed by atoms with van der Waals surface area (Å²) in [4.78, 5) is 17.3. The van der Waals surface area contributed by atoms with E-state index >= 15 is 0 Å². The van der Waals surface area contributed by atoms with Gasteiger partial charge in [-0.3, -0.25) is 9.79 Å². The lowest BCUT2D eigenvalue weighted by Gasteiger charge is -2.21. The van der Waals surface area contributed by atoms with Crippen molar-refractivity contribution in [3.8, 4) is 0 Å². The molecule has 0 aliphatic heterocycles. The predicted molar refractivity (Wildman–Crippen MR) is 61.1 cm³/mol. The number of rotatable bonds is 5. The number of methoxy groups -OCH3 is 1. The van der Waals surface area contributed by atoms with Gasteiger partial charge >= 0.3 is 5.97 Å². The highest BCUT2D eigenvalue weighted by Gasteiger charge is 2.17. The van der Waals surface area contributed by atoms with Gasteiger partial charge in [-0.05, 0) is 20.4 Å². The standard InChI is InChI=1S/C10H21N3O2/c1-8(11-2)13(4)7-6-9(12-3)10(14)15-5/h9,12H,6-7H2,1-5H3/t9-/m0/s1. The monoisotopic (exact) mass is 215 g/mol. The molecule has 0 heterocycles. The molecule has 0 amide bonds. The Morgan fingerprint density at radius 2 is 2.20 bits per heavy atom. The largest absolute Gasteiger partial charge is 0.468 e. The van der Waals surface area contributed by atoms with Gasteiger partial charge < -0.3 is 15.0 Å². The summed E-state index contributed by atoms with van der Waals surface area (Å²) in [6.07, 6.45) is 0.701. The number of nitrogens with zero attached hydrogens (tertiary/aromatic N) is 2. The van der Waals surface area contributed by atoms with E-state index in [1.54, 1.807) is 14.1 Å². The third-order valence-corrected chi connectivity index (χ3v) is 2.46. The molecule has 0 fully saturated rings. The molecule has 0 rings (SSSR count). The Labute approximate surface area is 91.5 Å². The van der Waals surface area contributed by atoms with Crippen molar-refractivity contribution in [3.63, 3.8) is 0 Å². The van der Waals surface area contributed by atoms with E-state index in [1.165, 1.54) is 7.11 Å². The molecule has 0 saturated carbocycles. The summed E-state index contributed by atoms with van der Waals surface area (Å²) in [5.74, 6) is 0.728. The molecule has 5 heteroatoms. The van der Waals surface area contributed by atoms with Crippen LogP contribution in [0.5, 0.6) is 0 Å². The van der Waals surface area contributed by atoms with Crippen LogP contribution < -0.4 is 5.32 Å². The van der Waals surface area contributed by atoms with Crippen molar-refractivity contribution in [3.05, 3.63) is 0 Å². The van der Waals surface area contributed by atoms with Gasteiger partial charge in [0.25, 0.3) is 0 Å². The first kappa shape index (κ1) is 13.9. The van der Waals surface area contributed by atoms with Crippen LogP contribution in [-0.4, -0.2) is 57.5 Å². The van der Waals surface area contributed by atoms with Crippen molar-refractivity contribution >= 4 is 11.8 Å². The lowest BCUT2D eigenvalue weighted by atomic mass is 10.2. The number of hydrogen-bond acceptors (Lipinski definition) is 4. The quantitative estimate of drug-likeness (QED) is 0.402. The van der Waals surface area contributed by atoms with Crippen LogP contribution in [0.4, 0.5) is 0 Å². The minimum Gasteiger partial charge on any atom is -0.468 e. The van der Waals surface area contributed by atoms with Crippen LogP contribution in [0.25, 0.3) is 0 Å². The SMILES string of the molecule is CN=C(C)N(C)CC[C@H](NC)C(=O)OC. The predicted octanol–water partition coefficient (Wildman–Crippen LogP) is 0.118. The molecule has 0 aromatic carbocycles. The summed E-state index contributed by atoms with van der Waals surface area (Å²) >= 11 is 0. The van der Waals surface area contributed by atoms with Gasteiger partial charge in [0.05, 0.1) is 12.9 Å². The summed E-state index contributed by atoms with van der Waals surface area (Å²) in [5, 5.41) is 2.92. The minimum atomic E-state index is -0.248. The summed E-state index contributed by atoms with van der Waals surface area (Å²) in [5.41, 5.74) is 0.